The van der Waals surface area contributed by atoms with Gasteiger partial charge in [0.25, 0.3) is 0 Å². The maximum absolute atomic E-state index is 5.68. The molecule has 1 saturated heterocycles. The number of ether oxygens (including phenoxy) is 1. The van der Waals surface area contributed by atoms with Crippen LogP contribution >= 0.6 is 0 Å². The van der Waals surface area contributed by atoms with Gasteiger partial charge in [-0.3, -0.25) is 0 Å². The first kappa shape index (κ1) is 14.0. The Morgan fingerprint density at radius 3 is 2.62 bits per heavy atom. The fourth-order valence-corrected chi connectivity index (χ4v) is 2.26. The van der Waals surface area contributed by atoms with Crippen molar-refractivity contribution in [2.75, 3.05) is 19.7 Å². The first-order chi connectivity index (χ1) is 7.93. The molecule has 1 atom stereocenters. The van der Waals surface area contributed by atoms with Gasteiger partial charge in [0, 0.05) is 13.2 Å². The number of nitrogens with one attached hydrogen (secondary N) is 1. The summed E-state index contributed by atoms with van der Waals surface area (Å²) in [5.41, 5.74) is 0. The Hall–Kier alpha value is -0.0800. The molecule has 0 spiro atoms. The third-order valence-electron chi connectivity index (χ3n) is 3.35. The normalized spacial score (nSPS) is 21.2. The van der Waals surface area contributed by atoms with Crippen LogP contribution in [0.15, 0.2) is 0 Å². The third kappa shape index (κ3) is 7.24. The Bertz CT molecular complexity index is 144. The molecule has 16 heavy (non-hydrogen) atoms. The monoisotopic (exact) mass is 227 g/mol. The average Bonchev–Trinajstić information content (AvgIpc) is 2.34. The summed E-state index contributed by atoms with van der Waals surface area (Å²) in [4.78, 5) is 0. The van der Waals surface area contributed by atoms with Gasteiger partial charge in [-0.05, 0) is 32.2 Å². The van der Waals surface area contributed by atoms with E-state index < -0.39 is 0 Å². The van der Waals surface area contributed by atoms with Crippen LogP contribution in [-0.2, 0) is 4.74 Å². The summed E-state index contributed by atoms with van der Waals surface area (Å²) < 4.78 is 5.68. The van der Waals surface area contributed by atoms with Crippen molar-refractivity contribution in [2.45, 2.75) is 70.8 Å². The maximum Gasteiger partial charge on any atom is 0.0699 e. The quantitative estimate of drug-likeness (QED) is 0.609. The molecular weight excluding hydrogens is 198 g/mol. The molecule has 1 heterocycles. The number of rotatable bonds is 9. The molecule has 2 nitrogen and oxygen atoms in total. The molecule has 0 bridgehead atoms. The third-order valence-corrected chi connectivity index (χ3v) is 3.35. The van der Waals surface area contributed by atoms with E-state index in [2.05, 4.69) is 12.2 Å². The van der Waals surface area contributed by atoms with E-state index in [1.54, 1.807) is 0 Å². The van der Waals surface area contributed by atoms with Crippen LogP contribution in [0.5, 0.6) is 0 Å². The number of hydrogen-bond acceptors (Lipinski definition) is 2. The predicted octanol–water partition coefficient (Wildman–Crippen LogP) is 3.51. The van der Waals surface area contributed by atoms with E-state index in [4.69, 9.17) is 4.74 Å². The Balaban J connectivity index is 1.77. The van der Waals surface area contributed by atoms with Crippen molar-refractivity contribution in [1.82, 2.24) is 5.32 Å². The Morgan fingerprint density at radius 1 is 1.06 bits per heavy atom. The summed E-state index contributed by atoms with van der Waals surface area (Å²) >= 11 is 0. The second-order valence-electron chi connectivity index (χ2n) is 4.96. The summed E-state index contributed by atoms with van der Waals surface area (Å²) in [5, 5.41) is 3.52. The molecule has 0 aliphatic carbocycles. The van der Waals surface area contributed by atoms with Gasteiger partial charge in [-0.1, -0.05) is 39.0 Å². The average molecular weight is 227 g/mol. The van der Waals surface area contributed by atoms with Crippen LogP contribution in [0.4, 0.5) is 0 Å². The van der Waals surface area contributed by atoms with E-state index in [1.807, 2.05) is 0 Å². The van der Waals surface area contributed by atoms with Gasteiger partial charge >= 0.3 is 0 Å². The van der Waals surface area contributed by atoms with Gasteiger partial charge < -0.3 is 10.1 Å². The summed E-state index contributed by atoms with van der Waals surface area (Å²) in [6.07, 6.45) is 12.7. The molecule has 2 heteroatoms. The van der Waals surface area contributed by atoms with Crippen molar-refractivity contribution >= 4 is 0 Å². The lowest BCUT2D eigenvalue weighted by Crippen LogP contribution is -2.32. The molecule has 96 valence electrons. The van der Waals surface area contributed by atoms with Gasteiger partial charge in [0.15, 0.2) is 0 Å². The largest absolute Gasteiger partial charge is 0.377 e. The van der Waals surface area contributed by atoms with E-state index in [1.165, 1.54) is 64.3 Å². The van der Waals surface area contributed by atoms with E-state index in [-0.39, 0.29) is 0 Å². The highest BCUT2D eigenvalue weighted by Crippen LogP contribution is 2.11. The second kappa shape index (κ2) is 10.1. The molecule has 0 saturated carbocycles. The van der Waals surface area contributed by atoms with E-state index in [0.717, 1.165) is 13.2 Å². The number of hydrogen-bond donors (Lipinski definition) is 1. The molecule has 1 rings (SSSR count). The molecule has 0 aromatic rings. The summed E-state index contributed by atoms with van der Waals surface area (Å²) in [6.45, 7) is 5.48. The van der Waals surface area contributed by atoms with Crippen LogP contribution in [0.2, 0.25) is 0 Å². The van der Waals surface area contributed by atoms with Gasteiger partial charge in [0.1, 0.15) is 0 Å². The van der Waals surface area contributed by atoms with Crippen molar-refractivity contribution in [1.29, 1.82) is 0 Å². The fourth-order valence-electron chi connectivity index (χ4n) is 2.26. The first-order valence-corrected chi connectivity index (χ1v) is 7.26. The molecule has 1 N–H and O–H groups in total. The van der Waals surface area contributed by atoms with Crippen molar-refractivity contribution < 1.29 is 4.74 Å². The van der Waals surface area contributed by atoms with Crippen LogP contribution in [-0.4, -0.2) is 25.8 Å². The summed E-state index contributed by atoms with van der Waals surface area (Å²) in [7, 11) is 0. The Kier molecular flexibility index (Phi) is 8.83. The van der Waals surface area contributed by atoms with E-state index in [0.29, 0.717) is 6.10 Å². The fraction of sp³-hybridized carbons (Fsp3) is 1.00. The van der Waals surface area contributed by atoms with E-state index in [9.17, 15) is 0 Å². The summed E-state index contributed by atoms with van der Waals surface area (Å²) in [6, 6.07) is 0. The molecule has 0 radical (unpaired) electrons. The topological polar surface area (TPSA) is 21.3 Å². The lowest BCUT2D eigenvalue weighted by molar-refractivity contribution is 0.0170. The highest BCUT2D eigenvalue weighted by atomic mass is 16.5. The SMILES string of the molecule is CCCCCCCCNCC1CCCCO1. The highest BCUT2D eigenvalue weighted by Gasteiger charge is 2.12. The lowest BCUT2D eigenvalue weighted by Gasteiger charge is -2.22. The van der Waals surface area contributed by atoms with Crippen LogP contribution < -0.4 is 5.32 Å². The first-order valence-electron chi connectivity index (χ1n) is 7.26. The van der Waals surface area contributed by atoms with Crippen molar-refractivity contribution in [3.63, 3.8) is 0 Å². The van der Waals surface area contributed by atoms with Gasteiger partial charge in [-0.2, -0.15) is 0 Å². The van der Waals surface area contributed by atoms with Crippen LogP contribution in [0.25, 0.3) is 0 Å². The molecular formula is C14H29NO. The minimum Gasteiger partial charge on any atom is -0.377 e. The molecule has 1 fully saturated rings. The minimum absolute atomic E-state index is 0.494. The number of unbranched alkanes of at least 4 members (excludes halogenated alkanes) is 5. The van der Waals surface area contributed by atoms with Gasteiger partial charge in [-0.25, -0.2) is 0 Å². The second-order valence-corrected chi connectivity index (χ2v) is 4.96. The molecule has 0 aromatic heterocycles. The van der Waals surface area contributed by atoms with Crippen molar-refractivity contribution in [3.05, 3.63) is 0 Å². The molecule has 0 aromatic carbocycles. The standard InChI is InChI=1S/C14H29NO/c1-2-3-4-5-6-8-11-15-13-14-10-7-9-12-16-14/h14-15H,2-13H2,1H3. The van der Waals surface area contributed by atoms with Gasteiger partial charge in [-0.15, -0.1) is 0 Å². The predicted molar refractivity (Wildman–Crippen MR) is 69.8 cm³/mol. The zero-order valence-electron chi connectivity index (χ0n) is 11.0. The van der Waals surface area contributed by atoms with Crippen molar-refractivity contribution in [2.24, 2.45) is 0 Å². The molecule has 1 aliphatic heterocycles. The highest BCUT2D eigenvalue weighted by molar-refractivity contribution is 4.66. The smallest absolute Gasteiger partial charge is 0.0699 e. The molecule has 1 aliphatic rings. The Labute approximate surface area is 101 Å². The van der Waals surface area contributed by atoms with E-state index >= 15 is 0 Å². The van der Waals surface area contributed by atoms with Crippen LogP contribution in [0, 0.1) is 0 Å². The minimum atomic E-state index is 0.494. The zero-order chi connectivity index (χ0) is 11.5. The van der Waals surface area contributed by atoms with Crippen molar-refractivity contribution in [3.8, 4) is 0 Å². The van der Waals surface area contributed by atoms with Gasteiger partial charge in [0.2, 0.25) is 0 Å². The maximum atomic E-state index is 5.68. The molecule has 0 amide bonds. The van der Waals surface area contributed by atoms with Crippen LogP contribution in [0.1, 0.15) is 64.7 Å². The van der Waals surface area contributed by atoms with Crippen LogP contribution in [0.3, 0.4) is 0 Å². The summed E-state index contributed by atoms with van der Waals surface area (Å²) in [5.74, 6) is 0. The Morgan fingerprint density at radius 2 is 1.88 bits per heavy atom. The lowest BCUT2D eigenvalue weighted by atomic mass is 10.1. The van der Waals surface area contributed by atoms with Gasteiger partial charge in [0.05, 0.1) is 6.10 Å². The molecule has 1 unspecified atom stereocenters. The zero-order valence-corrected chi connectivity index (χ0v) is 11.0.